The molecule has 51 heavy (non-hydrogen) atoms. The Labute approximate surface area is 293 Å². The Hall–Kier alpha value is -4.87. The number of para-hydroxylation sites is 1. The lowest BCUT2D eigenvalue weighted by Crippen LogP contribution is -2.48. The molecule has 4 atom stereocenters. The summed E-state index contributed by atoms with van der Waals surface area (Å²) >= 11 is 0. The molecule has 0 radical (unpaired) electrons. The van der Waals surface area contributed by atoms with E-state index in [0.29, 0.717) is 42.3 Å². The Morgan fingerprint density at radius 2 is 1.53 bits per heavy atom. The number of halogens is 3. The van der Waals surface area contributed by atoms with E-state index in [-0.39, 0.29) is 46.7 Å². The van der Waals surface area contributed by atoms with Gasteiger partial charge in [0.1, 0.15) is 11.6 Å². The molecule has 2 heterocycles. The van der Waals surface area contributed by atoms with E-state index in [9.17, 15) is 32.3 Å². The van der Waals surface area contributed by atoms with E-state index in [1.807, 2.05) is 27.7 Å². The van der Waals surface area contributed by atoms with Crippen molar-refractivity contribution in [2.24, 2.45) is 24.3 Å². The van der Waals surface area contributed by atoms with E-state index < -0.39 is 45.9 Å². The first-order valence-corrected chi connectivity index (χ1v) is 17.0. The lowest BCUT2D eigenvalue weighted by Gasteiger charge is -2.29. The van der Waals surface area contributed by atoms with Crippen LogP contribution in [0.2, 0.25) is 0 Å². The summed E-state index contributed by atoms with van der Waals surface area (Å²) in [6.07, 6.45) is -4.16. The summed E-state index contributed by atoms with van der Waals surface area (Å²) in [7, 11) is 2.67. The van der Waals surface area contributed by atoms with Gasteiger partial charge in [0.05, 0.1) is 23.8 Å². The second-order valence-electron chi connectivity index (χ2n) is 15.1. The number of likely N-dealkylation sites (tertiary alicyclic amines) is 1. The molecule has 12 heteroatoms. The van der Waals surface area contributed by atoms with E-state index in [0.717, 1.165) is 0 Å². The fraction of sp³-hybridized carbons (Fsp3) is 0.436. The molecule has 3 aromatic carbocycles. The zero-order chi connectivity index (χ0) is 37.0. The van der Waals surface area contributed by atoms with Crippen LogP contribution >= 0.6 is 0 Å². The number of alkyl halides is 3. The van der Waals surface area contributed by atoms with Crippen molar-refractivity contribution in [1.82, 2.24) is 14.8 Å². The fourth-order valence-corrected chi connectivity index (χ4v) is 8.00. The van der Waals surface area contributed by atoms with Crippen molar-refractivity contribution in [1.29, 1.82) is 0 Å². The molecule has 1 aromatic heterocycles. The average molecular weight is 706 g/mol. The van der Waals surface area contributed by atoms with Crippen molar-refractivity contribution < 1.29 is 37.0 Å². The van der Waals surface area contributed by atoms with Crippen LogP contribution in [0.1, 0.15) is 51.7 Å². The van der Waals surface area contributed by atoms with Crippen molar-refractivity contribution in [3.05, 3.63) is 82.1 Å². The highest BCUT2D eigenvalue weighted by Gasteiger charge is 2.52. The number of esters is 1. The Morgan fingerprint density at radius 1 is 0.922 bits per heavy atom. The van der Waals surface area contributed by atoms with Gasteiger partial charge in [0.2, 0.25) is 5.91 Å². The second-order valence-corrected chi connectivity index (χ2v) is 15.1. The van der Waals surface area contributed by atoms with Crippen molar-refractivity contribution in [2.75, 3.05) is 20.2 Å². The van der Waals surface area contributed by atoms with Gasteiger partial charge in [-0.2, -0.15) is 13.2 Å². The van der Waals surface area contributed by atoms with E-state index in [1.165, 1.54) is 43.0 Å². The first-order valence-electron chi connectivity index (χ1n) is 17.0. The van der Waals surface area contributed by atoms with Crippen LogP contribution in [0, 0.1) is 17.3 Å². The maximum atomic E-state index is 14.8. The molecule has 2 fully saturated rings. The van der Waals surface area contributed by atoms with Gasteiger partial charge in [-0.3, -0.25) is 9.59 Å². The van der Waals surface area contributed by atoms with Gasteiger partial charge in [-0.05, 0) is 73.4 Å². The minimum atomic E-state index is -4.83. The van der Waals surface area contributed by atoms with Crippen LogP contribution in [0.25, 0.3) is 32.8 Å². The lowest BCUT2D eigenvalue weighted by atomic mass is 9.85. The Kier molecular flexibility index (Phi) is 9.18. The molecule has 1 saturated carbocycles. The van der Waals surface area contributed by atoms with Crippen molar-refractivity contribution in [2.45, 2.75) is 64.8 Å². The summed E-state index contributed by atoms with van der Waals surface area (Å²) in [6, 6.07) is 14.7. The van der Waals surface area contributed by atoms with E-state index >= 15 is 0 Å². The number of nitrogens with zero attached hydrogens (tertiary/aromatic N) is 2. The van der Waals surface area contributed by atoms with Gasteiger partial charge >= 0.3 is 18.2 Å². The molecule has 2 amide bonds. The second kappa shape index (κ2) is 13.0. The standard InChI is InChI=1S/C39H42F3N3O6/c1-37(2,3)51-36(49)45-20-23-18-38(4,19-24(23)21-45)35(48)43-29(34(47)50-6)17-22-11-9-14-26-25(22)13-10-15-27(26)31-32(39(40,41)42)28-12-7-8-16-30(28)44(5)33(31)46/h7-16,23-24,29H,17-21H2,1-6H3,(H,43,48)/t23-,24+,29-,38?/m0/s1. The van der Waals surface area contributed by atoms with Gasteiger partial charge in [0.15, 0.2) is 0 Å². The number of ether oxygens (including phenoxy) is 2. The molecule has 0 spiro atoms. The Morgan fingerprint density at radius 3 is 2.16 bits per heavy atom. The maximum absolute atomic E-state index is 14.8. The molecule has 0 bridgehead atoms. The van der Waals surface area contributed by atoms with Gasteiger partial charge < -0.3 is 24.3 Å². The van der Waals surface area contributed by atoms with Gasteiger partial charge in [-0.15, -0.1) is 0 Å². The molecule has 6 rings (SSSR count). The fourth-order valence-electron chi connectivity index (χ4n) is 8.00. The van der Waals surface area contributed by atoms with E-state index in [1.54, 1.807) is 41.3 Å². The SMILES string of the molecule is COC(=O)[C@H](Cc1cccc2c(-c3c(C(F)(F)F)c4ccccc4n(C)c3=O)cccc12)NC(=O)C1(C)C[C@H]2CN(C(=O)OC(C)(C)C)C[C@H]2C1. The smallest absolute Gasteiger partial charge is 0.417 e. The molecular weight excluding hydrogens is 663 g/mol. The first-order chi connectivity index (χ1) is 23.9. The maximum Gasteiger partial charge on any atom is 0.417 e. The minimum absolute atomic E-state index is 0.00355. The number of aromatic nitrogens is 1. The Bertz CT molecular complexity index is 2090. The number of rotatable bonds is 6. The number of amides is 2. The Balaban J connectivity index is 1.30. The van der Waals surface area contributed by atoms with Crippen molar-refractivity contribution in [3.8, 4) is 11.1 Å². The molecule has 4 aromatic rings. The number of benzene rings is 3. The average Bonchev–Trinajstić information content (AvgIpc) is 3.60. The van der Waals surface area contributed by atoms with Crippen LogP contribution in [0.5, 0.6) is 0 Å². The summed E-state index contributed by atoms with van der Waals surface area (Å²) in [5, 5.41) is 3.75. The number of methoxy groups -OCH3 is 1. The highest BCUT2D eigenvalue weighted by molar-refractivity contribution is 6.02. The normalized spacial score (nSPS) is 21.1. The summed E-state index contributed by atoms with van der Waals surface area (Å²) < 4.78 is 56.1. The van der Waals surface area contributed by atoms with Crippen LogP contribution in [-0.4, -0.2) is 59.3 Å². The van der Waals surface area contributed by atoms with Crippen LogP contribution < -0.4 is 10.9 Å². The number of pyridine rings is 1. The van der Waals surface area contributed by atoms with Gasteiger partial charge in [0.25, 0.3) is 5.56 Å². The summed E-state index contributed by atoms with van der Waals surface area (Å²) in [5.74, 6) is -0.778. The summed E-state index contributed by atoms with van der Waals surface area (Å²) in [6.45, 7) is 8.27. The molecule has 1 unspecified atom stereocenters. The van der Waals surface area contributed by atoms with Gasteiger partial charge in [-0.1, -0.05) is 61.5 Å². The number of nitrogens with one attached hydrogen (secondary N) is 1. The number of carbonyl (C=O) groups excluding carboxylic acids is 3. The number of hydrogen-bond donors (Lipinski definition) is 1. The predicted molar refractivity (Wildman–Crippen MR) is 187 cm³/mol. The summed E-state index contributed by atoms with van der Waals surface area (Å²) in [5.41, 5.74) is -2.82. The number of hydrogen-bond acceptors (Lipinski definition) is 6. The topological polar surface area (TPSA) is 107 Å². The third-order valence-electron chi connectivity index (χ3n) is 10.3. The zero-order valence-electron chi connectivity index (χ0n) is 29.5. The quantitative estimate of drug-likeness (QED) is 0.220. The number of aryl methyl sites for hydroxylation is 1. The van der Waals surface area contributed by atoms with Crippen LogP contribution in [0.15, 0.2) is 65.5 Å². The first kappa shape index (κ1) is 35.9. The molecule has 9 nitrogen and oxygen atoms in total. The number of fused-ring (bicyclic) bond motifs is 3. The third kappa shape index (κ3) is 6.80. The van der Waals surface area contributed by atoms with Gasteiger partial charge in [-0.25, -0.2) is 9.59 Å². The zero-order valence-corrected chi connectivity index (χ0v) is 29.5. The van der Waals surface area contributed by atoms with Crippen LogP contribution in [0.3, 0.4) is 0 Å². The monoisotopic (exact) mass is 705 g/mol. The largest absolute Gasteiger partial charge is 0.467 e. The molecule has 270 valence electrons. The third-order valence-corrected chi connectivity index (χ3v) is 10.3. The molecular formula is C39H42F3N3O6. The molecule has 1 aliphatic carbocycles. The molecule has 1 saturated heterocycles. The van der Waals surface area contributed by atoms with Crippen LogP contribution in [0.4, 0.5) is 18.0 Å². The van der Waals surface area contributed by atoms with Crippen molar-refractivity contribution >= 4 is 39.6 Å². The highest BCUT2D eigenvalue weighted by Crippen LogP contribution is 2.49. The molecule has 1 N–H and O–H groups in total. The van der Waals surface area contributed by atoms with Gasteiger partial charge in [0, 0.05) is 37.4 Å². The highest BCUT2D eigenvalue weighted by atomic mass is 19.4. The molecule has 1 aliphatic heterocycles. The number of carbonyl (C=O) groups is 3. The van der Waals surface area contributed by atoms with E-state index in [4.69, 9.17) is 9.47 Å². The minimum Gasteiger partial charge on any atom is -0.467 e. The predicted octanol–water partition coefficient (Wildman–Crippen LogP) is 6.86. The van der Waals surface area contributed by atoms with E-state index in [2.05, 4.69) is 5.32 Å². The van der Waals surface area contributed by atoms with Crippen LogP contribution in [-0.2, 0) is 38.7 Å². The lowest BCUT2D eigenvalue weighted by molar-refractivity contribution is -0.146. The van der Waals surface area contributed by atoms with Crippen molar-refractivity contribution in [3.63, 3.8) is 0 Å². The summed E-state index contributed by atoms with van der Waals surface area (Å²) in [4.78, 5) is 55.0. The molecule has 2 aliphatic rings.